The molecule has 22 heavy (non-hydrogen) atoms. The van der Waals surface area contributed by atoms with Gasteiger partial charge >= 0.3 is 0 Å². The van der Waals surface area contributed by atoms with Gasteiger partial charge in [0.25, 0.3) is 0 Å². The number of para-hydroxylation sites is 1. The number of benzene rings is 2. The summed E-state index contributed by atoms with van der Waals surface area (Å²) in [7, 11) is 3.50. The van der Waals surface area contributed by atoms with Crippen LogP contribution in [0.4, 0.5) is 0 Å². The monoisotopic (exact) mass is 296 g/mol. The molecule has 3 N–H and O–H groups in total. The lowest BCUT2D eigenvalue weighted by Gasteiger charge is -2.08. The Morgan fingerprint density at radius 2 is 2.00 bits per heavy atom. The van der Waals surface area contributed by atoms with Crippen molar-refractivity contribution in [3.8, 4) is 22.8 Å². The van der Waals surface area contributed by atoms with Crippen molar-refractivity contribution in [2.45, 2.75) is 6.42 Å². The Bertz CT molecular complexity index is 793. The molecule has 4 heteroatoms. The lowest BCUT2D eigenvalue weighted by Crippen LogP contribution is -2.10. The predicted molar refractivity (Wildman–Crippen MR) is 89.6 cm³/mol. The van der Waals surface area contributed by atoms with Crippen LogP contribution in [0.15, 0.2) is 42.5 Å². The number of hydrogen-bond acceptors (Lipinski definition) is 3. The summed E-state index contributed by atoms with van der Waals surface area (Å²) in [5, 5.41) is 14.5. The Balaban J connectivity index is 2.14. The van der Waals surface area contributed by atoms with E-state index < -0.39 is 0 Å². The van der Waals surface area contributed by atoms with Crippen molar-refractivity contribution < 1.29 is 9.84 Å². The van der Waals surface area contributed by atoms with E-state index in [1.54, 1.807) is 19.2 Å². The van der Waals surface area contributed by atoms with E-state index in [1.165, 1.54) is 10.9 Å². The number of methoxy groups -OCH3 is 1. The summed E-state index contributed by atoms with van der Waals surface area (Å²) in [5.74, 6) is 0.634. The minimum absolute atomic E-state index is 0.151. The third kappa shape index (κ3) is 2.53. The van der Waals surface area contributed by atoms with Crippen LogP contribution >= 0.6 is 0 Å². The lowest BCUT2D eigenvalue weighted by molar-refractivity contribution is 0.373. The first-order chi connectivity index (χ1) is 10.7. The van der Waals surface area contributed by atoms with E-state index in [2.05, 4.69) is 22.4 Å². The maximum Gasteiger partial charge on any atom is 0.160 e. The highest BCUT2D eigenvalue weighted by atomic mass is 16.5. The highest BCUT2D eigenvalue weighted by molar-refractivity contribution is 5.91. The topological polar surface area (TPSA) is 57.3 Å². The Kier molecular flexibility index (Phi) is 4.02. The largest absolute Gasteiger partial charge is 0.504 e. The fraction of sp³-hybridized carbons (Fsp3) is 0.222. The SMILES string of the molecule is CNCCc1c(-c2ccc(OC)c(O)c2)[nH]c2ccccc12. The Morgan fingerprint density at radius 1 is 1.18 bits per heavy atom. The Hall–Kier alpha value is -2.46. The molecule has 0 unspecified atom stereocenters. The molecule has 0 atom stereocenters. The van der Waals surface area contributed by atoms with E-state index in [1.807, 2.05) is 25.2 Å². The maximum absolute atomic E-state index is 10.0. The number of rotatable bonds is 5. The lowest BCUT2D eigenvalue weighted by atomic mass is 10.0. The van der Waals surface area contributed by atoms with Gasteiger partial charge < -0.3 is 20.1 Å². The number of nitrogens with one attached hydrogen (secondary N) is 2. The van der Waals surface area contributed by atoms with Crippen molar-refractivity contribution in [2.24, 2.45) is 0 Å². The molecule has 0 aliphatic heterocycles. The second kappa shape index (κ2) is 6.12. The number of hydrogen-bond donors (Lipinski definition) is 3. The summed E-state index contributed by atoms with van der Waals surface area (Å²) >= 11 is 0. The molecule has 1 aromatic heterocycles. The standard InChI is InChI=1S/C18H20N2O2/c1-19-10-9-14-13-5-3-4-6-15(13)20-18(14)12-7-8-17(22-2)16(21)11-12/h3-8,11,19-21H,9-10H2,1-2H3. The molecule has 2 aromatic carbocycles. The quantitative estimate of drug-likeness (QED) is 0.677. The number of phenols is 1. The summed E-state index contributed by atoms with van der Waals surface area (Å²) in [6.07, 6.45) is 0.919. The highest BCUT2D eigenvalue weighted by Crippen LogP contribution is 2.35. The third-order valence-electron chi connectivity index (χ3n) is 3.91. The van der Waals surface area contributed by atoms with Gasteiger partial charge in [0, 0.05) is 22.2 Å². The van der Waals surface area contributed by atoms with Crippen LogP contribution in [0, 0.1) is 0 Å². The van der Waals surface area contributed by atoms with Gasteiger partial charge in [0.2, 0.25) is 0 Å². The summed E-state index contributed by atoms with van der Waals surface area (Å²) < 4.78 is 5.12. The molecule has 0 aliphatic carbocycles. The normalized spacial score (nSPS) is 11.0. The van der Waals surface area contributed by atoms with E-state index in [9.17, 15) is 5.11 Å². The summed E-state index contributed by atoms with van der Waals surface area (Å²) in [6.45, 7) is 0.900. The molecular formula is C18H20N2O2. The zero-order chi connectivity index (χ0) is 15.5. The van der Waals surface area contributed by atoms with Crippen molar-refractivity contribution in [3.05, 3.63) is 48.0 Å². The fourth-order valence-corrected chi connectivity index (χ4v) is 2.80. The van der Waals surface area contributed by atoms with Gasteiger partial charge in [-0.15, -0.1) is 0 Å². The smallest absolute Gasteiger partial charge is 0.160 e. The van der Waals surface area contributed by atoms with Gasteiger partial charge in [-0.2, -0.15) is 0 Å². The van der Waals surface area contributed by atoms with Gasteiger partial charge in [0.1, 0.15) is 0 Å². The van der Waals surface area contributed by atoms with Crippen molar-refractivity contribution in [1.82, 2.24) is 10.3 Å². The minimum Gasteiger partial charge on any atom is -0.504 e. The summed E-state index contributed by atoms with van der Waals surface area (Å²) in [6, 6.07) is 13.8. The molecule has 3 aromatic rings. The molecule has 0 saturated heterocycles. The van der Waals surface area contributed by atoms with E-state index in [4.69, 9.17) is 4.74 Å². The highest BCUT2D eigenvalue weighted by Gasteiger charge is 2.14. The first-order valence-electron chi connectivity index (χ1n) is 7.36. The Labute approximate surface area is 129 Å². The number of H-pyrrole nitrogens is 1. The molecule has 0 radical (unpaired) electrons. The molecule has 3 rings (SSSR count). The zero-order valence-corrected chi connectivity index (χ0v) is 12.8. The molecule has 114 valence electrons. The first-order valence-corrected chi connectivity index (χ1v) is 7.36. The molecule has 0 aliphatic rings. The van der Waals surface area contributed by atoms with E-state index in [0.717, 1.165) is 29.7 Å². The average Bonchev–Trinajstić information content (AvgIpc) is 2.91. The van der Waals surface area contributed by atoms with Crippen molar-refractivity contribution in [3.63, 3.8) is 0 Å². The van der Waals surface area contributed by atoms with Crippen LogP contribution in [0.25, 0.3) is 22.2 Å². The van der Waals surface area contributed by atoms with Crippen molar-refractivity contribution in [1.29, 1.82) is 0 Å². The van der Waals surface area contributed by atoms with Gasteiger partial charge in [0.05, 0.1) is 7.11 Å². The van der Waals surface area contributed by atoms with Gasteiger partial charge in [-0.3, -0.25) is 0 Å². The molecule has 0 spiro atoms. The molecule has 1 heterocycles. The number of aromatic hydroxyl groups is 1. The zero-order valence-electron chi connectivity index (χ0n) is 12.8. The van der Waals surface area contributed by atoms with Crippen LogP contribution in [0.1, 0.15) is 5.56 Å². The number of ether oxygens (including phenoxy) is 1. The average molecular weight is 296 g/mol. The number of fused-ring (bicyclic) bond motifs is 1. The maximum atomic E-state index is 10.0. The fourth-order valence-electron chi connectivity index (χ4n) is 2.80. The van der Waals surface area contributed by atoms with Crippen LogP contribution in [0.3, 0.4) is 0 Å². The van der Waals surface area contributed by atoms with Crippen molar-refractivity contribution >= 4 is 10.9 Å². The predicted octanol–water partition coefficient (Wildman–Crippen LogP) is 3.31. The van der Waals surface area contributed by atoms with Crippen LogP contribution in [-0.4, -0.2) is 30.8 Å². The third-order valence-corrected chi connectivity index (χ3v) is 3.91. The van der Waals surface area contributed by atoms with Crippen LogP contribution in [0.5, 0.6) is 11.5 Å². The molecule has 4 nitrogen and oxygen atoms in total. The van der Waals surface area contributed by atoms with Crippen LogP contribution in [0.2, 0.25) is 0 Å². The second-order valence-corrected chi connectivity index (χ2v) is 5.26. The van der Waals surface area contributed by atoms with Gasteiger partial charge in [-0.25, -0.2) is 0 Å². The van der Waals surface area contributed by atoms with Gasteiger partial charge in [-0.1, -0.05) is 18.2 Å². The summed E-state index contributed by atoms with van der Waals surface area (Å²) in [5.41, 5.74) is 4.38. The van der Waals surface area contributed by atoms with E-state index in [0.29, 0.717) is 5.75 Å². The summed E-state index contributed by atoms with van der Waals surface area (Å²) in [4.78, 5) is 3.47. The van der Waals surface area contributed by atoms with E-state index >= 15 is 0 Å². The number of aromatic amines is 1. The molecule has 0 fully saturated rings. The van der Waals surface area contributed by atoms with Crippen LogP contribution < -0.4 is 10.1 Å². The van der Waals surface area contributed by atoms with Crippen LogP contribution in [-0.2, 0) is 6.42 Å². The van der Waals surface area contributed by atoms with E-state index in [-0.39, 0.29) is 5.75 Å². The second-order valence-electron chi connectivity index (χ2n) is 5.26. The first kappa shape index (κ1) is 14.5. The number of aromatic nitrogens is 1. The molecular weight excluding hydrogens is 276 g/mol. The molecule has 0 bridgehead atoms. The molecule has 0 saturated carbocycles. The van der Waals surface area contributed by atoms with Crippen molar-refractivity contribution in [2.75, 3.05) is 20.7 Å². The number of likely N-dealkylation sites (N-methyl/N-ethyl adjacent to an activating group) is 1. The Morgan fingerprint density at radius 3 is 2.73 bits per heavy atom. The minimum atomic E-state index is 0.151. The number of phenolic OH excluding ortho intramolecular Hbond substituents is 1. The molecule has 0 amide bonds. The van der Waals surface area contributed by atoms with Gasteiger partial charge in [-0.05, 0) is 49.8 Å². The van der Waals surface area contributed by atoms with Gasteiger partial charge in [0.15, 0.2) is 11.5 Å².